The summed E-state index contributed by atoms with van der Waals surface area (Å²) in [5, 5.41) is 7.38. The van der Waals surface area contributed by atoms with E-state index in [0.29, 0.717) is 0 Å². The van der Waals surface area contributed by atoms with Gasteiger partial charge in [-0.15, -0.1) is 0 Å². The van der Waals surface area contributed by atoms with Crippen molar-refractivity contribution in [1.29, 1.82) is 0 Å². The van der Waals surface area contributed by atoms with Crippen molar-refractivity contribution in [2.75, 3.05) is 7.11 Å². The zero-order valence-electron chi connectivity index (χ0n) is 3.49. The molecule has 0 spiro atoms. The van der Waals surface area contributed by atoms with E-state index in [2.05, 4.69) is 8.52 Å². The van der Waals surface area contributed by atoms with Crippen molar-refractivity contribution >= 4 is 10.4 Å². The average Bonchev–Trinajstić information content (AvgIpc) is 1.68. The van der Waals surface area contributed by atoms with Gasteiger partial charge in [0, 0.05) is 0 Å². The van der Waals surface area contributed by atoms with Gasteiger partial charge in [0.05, 0.1) is 7.11 Å². The molecule has 0 rings (SSSR count). The first-order valence-electron chi connectivity index (χ1n) is 1.26. The van der Waals surface area contributed by atoms with Crippen LogP contribution in [0.3, 0.4) is 0 Å². The van der Waals surface area contributed by atoms with Gasteiger partial charge in [0.25, 0.3) is 0 Å². The van der Waals surface area contributed by atoms with Gasteiger partial charge in [-0.25, -0.2) is 9.44 Å². The molecular formula is CH4O5S. The maximum atomic E-state index is 9.67. The van der Waals surface area contributed by atoms with Gasteiger partial charge < -0.3 is 0 Å². The minimum Gasteiger partial charge on any atom is -0.250 e. The second-order valence-electron chi connectivity index (χ2n) is 0.649. The molecule has 0 aromatic heterocycles. The summed E-state index contributed by atoms with van der Waals surface area (Å²) in [5.41, 5.74) is 0. The summed E-state index contributed by atoms with van der Waals surface area (Å²) >= 11 is 0. The predicted molar refractivity (Wildman–Crippen MR) is 19.6 cm³/mol. The molecule has 5 nitrogen and oxygen atoms in total. The molecule has 0 saturated carbocycles. The first-order valence-corrected chi connectivity index (χ1v) is 2.59. The first-order chi connectivity index (χ1) is 3.12. The SMILES string of the molecule is COS(=O)(=O)OO. The van der Waals surface area contributed by atoms with Crippen LogP contribution in [0, 0.1) is 0 Å². The van der Waals surface area contributed by atoms with Crippen molar-refractivity contribution < 1.29 is 22.2 Å². The maximum absolute atomic E-state index is 9.67. The highest BCUT2D eigenvalue weighted by Crippen LogP contribution is 1.85. The summed E-state index contributed by atoms with van der Waals surface area (Å²) in [5.74, 6) is 0. The van der Waals surface area contributed by atoms with Crippen LogP contribution in [0.1, 0.15) is 0 Å². The molecular weight excluding hydrogens is 124 g/mol. The first kappa shape index (κ1) is 6.83. The Balaban J connectivity index is 3.89. The molecule has 0 aliphatic rings. The van der Waals surface area contributed by atoms with Crippen molar-refractivity contribution in [1.82, 2.24) is 0 Å². The monoisotopic (exact) mass is 128 g/mol. The highest BCUT2D eigenvalue weighted by atomic mass is 32.3. The minimum absolute atomic E-state index is 0.867. The number of hydrogen-bond donors (Lipinski definition) is 1. The summed E-state index contributed by atoms with van der Waals surface area (Å²) in [6.45, 7) is 0. The molecule has 0 atom stereocenters. The van der Waals surface area contributed by atoms with Crippen molar-refractivity contribution in [3.8, 4) is 0 Å². The fraction of sp³-hybridized carbons (Fsp3) is 1.00. The Morgan fingerprint density at radius 2 is 2.00 bits per heavy atom. The Labute approximate surface area is 40.7 Å². The lowest BCUT2D eigenvalue weighted by atomic mass is 11.8. The van der Waals surface area contributed by atoms with Crippen LogP contribution < -0.4 is 0 Å². The molecule has 0 saturated heterocycles. The summed E-state index contributed by atoms with van der Waals surface area (Å²) in [6, 6.07) is 0. The second-order valence-corrected chi connectivity index (χ2v) is 1.95. The second kappa shape index (κ2) is 2.22. The van der Waals surface area contributed by atoms with E-state index >= 15 is 0 Å². The summed E-state index contributed by atoms with van der Waals surface area (Å²) in [6.07, 6.45) is 0. The van der Waals surface area contributed by atoms with E-state index in [1.807, 2.05) is 0 Å². The Hall–Kier alpha value is -0.170. The molecule has 44 valence electrons. The lowest BCUT2D eigenvalue weighted by Crippen LogP contribution is -2.03. The van der Waals surface area contributed by atoms with Gasteiger partial charge in [-0.3, -0.25) is 0 Å². The number of rotatable bonds is 2. The fourth-order valence-corrected chi connectivity index (χ4v) is 0.0913. The van der Waals surface area contributed by atoms with E-state index in [4.69, 9.17) is 5.26 Å². The average molecular weight is 128 g/mol. The topological polar surface area (TPSA) is 72.8 Å². The molecule has 0 radical (unpaired) electrons. The van der Waals surface area contributed by atoms with Gasteiger partial charge in [0.2, 0.25) is 0 Å². The van der Waals surface area contributed by atoms with Gasteiger partial charge >= 0.3 is 10.4 Å². The molecule has 6 heteroatoms. The van der Waals surface area contributed by atoms with E-state index < -0.39 is 10.4 Å². The lowest BCUT2D eigenvalue weighted by molar-refractivity contribution is -0.141. The molecule has 0 aromatic rings. The fourth-order valence-electron chi connectivity index (χ4n) is 0.0304. The molecule has 0 heterocycles. The lowest BCUT2D eigenvalue weighted by Gasteiger charge is -1.88. The molecule has 0 aromatic carbocycles. The Morgan fingerprint density at radius 3 is 2.00 bits per heavy atom. The van der Waals surface area contributed by atoms with Crippen LogP contribution in [0.15, 0.2) is 0 Å². The quantitative estimate of drug-likeness (QED) is 0.396. The van der Waals surface area contributed by atoms with Gasteiger partial charge in [0.15, 0.2) is 0 Å². The van der Waals surface area contributed by atoms with Gasteiger partial charge in [-0.05, 0) is 0 Å². The van der Waals surface area contributed by atoms with Crippen LogP contribution in [0.2, 0.25) is 0 Å². The third kappa shape index (κ3) is 2.52. The third-order valence-electron chi connectivity index (χ3n) is 0.295. The number of hydrogen-bond acceptors (Lipinski definition) is 5. The van der Waals surface area contributed by atoms with Gasteiger partial charge in [0.1, 0.15) is 0 Å². The summed E-state index contributed by atoms with van der Waals surface area (Å²) in [7, 11) is -3.24. The van der Waals surface area contributed by atoms with Crippen LogP contribution in [0.4, 0.5) is 0 Å². The van der Waals surface area contributed by atoms with Crippen molar-refractivity contribution in [3.63, 3.8) is 0 Å². The van der Waals surface area contributed by atoms with E-state index in [1.165, 1.54) is 0 Å². The van der Waals surface area contributed by atoms with E-state index in [0.717, 1.165) is 7.11 Å². The standard InChI is InChI=1S/CH4O5S/c1-5-7(3,4)6-2/h2H,1H3. The predicted octanol–water partition coefficient (Wildman–Crippen LogP) is -0.633. The Morgan fingerprint density at radius 1 is 1.57 bits per heavy atom. The Bertz CT molecular complexity index is 111. The summed E-state index contributed by atoms with van der Waals surface area (Å²) < 4.78 is 25.8. The molecule has 0 fully saturated rings. The van der Waals surface area contributed by atoms with E-state index in [1.54, 1.807) is 0 Å². The van der Waals surface area contributed by atoms with Crippen molar-refractivity contribution in [2.24, 2.45) is 0 Å². The van der Waals surface area contributed by atoms with Crippen LogP contribution in [0.25, 0.3) is 0 Å². The largest absolute Gasteiger partial charge is 0.426 e. The van der Waals surface area contributed by atoms with Gasteiger partial charge in [-0.1, -0.05) is 4.33 Å². The van der Waals surface area contributed by atoms with E-state index in [9.17, 15) is 8.42 Å². The highest BCUT2D eigenvalue weighted by Gasteiger charge is 2.04. The Kier molecular flexibility index (Phi) is 2.16. The molecule has 0 bridgehead atoms. The van der Waals surface area contributed by atoms with Crippen LogP contribution in [-0.4, -0.2) is 20.8 Å². The van der Waals surface area contributed by atoms with Crippen LogP contribution in [-0.2, 0) is 18.9 Å². The normalized spacial score (nSPS) is 11.7. The molecule has 0 amide bonds. The van der Waals surface area contributed by atoms with Crippen LogP contribution >= 0.6 is 0 Å². The molecule has 0 unspecified atom stereocenters. The van der Waals surface area contributed by atoms with Crippen molar-refractivity contribution in [2.45, 2.75) is 0 Å². The van der Waals surface area contributed by atoms with Gasteiger partial charge in [-0.2, -0.15) is 8.42 Å². The zero-order valence-corrected chi connectivity index (χ0v) is 4.30. The maximum Gasteiger partial charge on any atom is 0.426 e. The molecule has 0 aliphatic heterocycles. The van der Waals surface area contributed by atoms with E-state index in [-0.39, 0.29) is 0 Å². The summed E-state index contributed by atoms with van der Waals surface area (Å²) in [4.78, 5) is 0. The highest BCUT2D eigenvalue weighted by molar-refractivity contribution is 7.81. The minimum atomic E-state index is -4.10. The van der Waals surface area contributed by atoms with Crippen LogP contribution in [0.5, 0.6) is 0 Å². The zero-order chi connectivity index (χ0) is 5.91. The molecule has 1 N–H and O–H groups in total. The smallest absolute Gasteiger partial charge is 0.250 e. The molecule has 7 heavy (non-hydrogen) atoms. The third-order valence-corrected chi connectivity index (χ3v) is 0.886. The van der Waals surface area contributed by atoms with Crippen molar-refractivity contribution in [3.05, 3.63) is 0 Å². The molecule has 0 aliphatic carbocycles.